The predicted octanol–water partition coefficient (Wildman–Crippen LogP) is 4.23. The van der Waals surface area contributed by atoms with Crippen molar-refractivity contribution in [3.8, 4) is 0 Å². The smallest absolute Gasteiger partial charge is 0.340 e. The highest BCUT2D eigenvalue weighted by atomic mass is 35.5. The first kappa shape index (κ1) is 18.9. The molecule has 0 aromatic heterocycles. The number of esters is 1. The van der Waals surface area contributed by atoms with Gasteiger partial charge in [0.2, 0.25) is 0 Å². The number of halogens is 1. The lowest BCUT2D eigenvalue weighted by Gasteiger charge is -2.13. The summed E-state index contributed by atoms with van der Waals surface area (Å²) in [6, 6.07) is 5.15. The third-order valence-electron chi connectivity index (χ3n) is 3.88. The van der Waals surface area contributed by atoms with Crippen LogP contribution in [0.3, 0.4) is 0 Å². The number of rotatable bonds is 7. The second-order valence-corrected chi connectivity index (χ2v) is 6.92. The largest absolute Gasteiger partial charge is 0.452 e. The van der Waals surface area contributed by atoms with Gasteiger partial charge in [-0.2, -0.15) is 0 Å². The first-order chi connectivity index (χ1) is 11.6. The van der Waals surface area contributed by atoms with Crippen molar-refractivity contribution in [1.82, 2.24) is 5.32 Å². The second kappa shape index (κ2) is 9.74. The standard InChI is InChI=1S/C18H22ClNO3S/c1-24-14-7-8-16(19)15(11-14)18(22)23-12-17(21)20-10-9-13-5-3-2-4-6-13/h5,7-8,11H,2-4,6,9-10,12H2,1H3,(H,20,21). The van der Waals surface area contributed by atoms with Crippen LogP contribution in [0.4, 0.5) is 0 Å². The topological polar surface area (TPSA) is 55.4 Å². The third kappa shape index (κ3) is 5.87. The highest BCUT2D eigenvalue weighted by Crippen LogP contribution is 2.23. The van der Waals surface area contributed by atoms with E-state index in [-0.39, 0.29) is 18.1 Å². The van der Waals surface area contributed by atoms with Gasteiger partial charge in [0.05, 0.1) is 10.6 Å². The minimum absolute atomic E-state index is 0.281. The highest BCUT2D eigenvalue weighted by Gasteiger charge is 2.14. The molecule has 24 heavy (non-hydrogen) atoms. The van der Waals surface area contributed by atoms with Gasteiger partial charge in [-0.05, 0) is 56.6 Å². The summed E-state index contributed by atoms with van der Waals surface area (Å²) in [5.41, 5.74) is 1.68. The summed E-state index contributed by atoms with van der Waals surface area (Å²) in [4.78, 5) is 24.8. The number of amides is 1. The van der Waals surface area contributed by atoms with E-state index in [1.165, 1.54) is 30.2 Å². The Labute approximate surface area is 152 Å². The summed E-state index contributed by atoms with van der Waals surface area (Å²) in [5.74, 6) is -0.877. The minimum Gasteiger partial charge on any atom is -0.452 e. The van der Waals surface area contributed by atoms with Gasteiger partial charge in [0.25, 0.3) is 5.91 Å². The minimum atomic E-state index is -0.582. The molecule has 0 saturated heterocycles. The molecule has 0 fully saturated rings. The number of carbonyl (C=O) groups is 2. The van der Waals surface area contributed by atoms with Crippen LogP contribution in [0, 0.1) is 0 Å². The molecule has 1 aromatic rings. The summed E-state index contributed by atoms with van der Waals surface area (Å²) in [7, 11) is 0. The molecule has 1 N–H and O–H groups in total. The quantitative estimate of drug-likeness (QED) is 0.445. The number of hydrogen-bond donors (Lipinski definition) is 1. The molecule has 0 radical (unpaired) electrons. The van der Waals surface area contributed by atoms with Crippen LogP contribution in [0.25, 0.3) is 0 Å². The van der Waals surface area contributed by atoms with Crippen molar-refractivity contribution in [1.29, 1.82) is 0 Å². The van der Waals surface area contributed by atoms with Crippen molar-refractivity contribution >= 4 is 35.2 Å². The lowest BCUT2D eigenvalue weighted by molar-refractivity contribution is -0.124. The zero-order valence-electron chi connectivity index (χ0n) is 13.8. The molecule has 0 saturated carbocycles. The van der Waals surface area contributed by atoms with E-state index in [9.17, 15) is 9.59 Å². The van der Waals surface area contributed by atoms with Gasteiger partial charge in [-0.3, -0.25) is 4.79 Å². The molecule has 0 atom stereocenters. The molecule has 1 aliphatic rings. The summed E-state index contributed by atoms with van der Waals surface area (Å²) >= 11 is 7.52. The van der Waals surface area contributed by atoms with Crippen LogP contribution in [-0.2, 0) is 9.53 Å². The van der Waals surface area contributed by atoms with Gasteiger partial charge < -0.3 is 10.1 Å². The van der Waals surface area contributed by atoms with E-state index in [1.807, 2.05) is 12.3 Å². The van der Waals surface area contributed by atoms with Gasteiger partial charge in [-0.25, -0.2) is 4.79 Å². The Balaban J connectivity index is 1.74. The van der Waals surface area contributed by atoms with Crippen molar-refractivity contribution < 1.29 is 14.3 Å². The maximum atomic E-state index is 12.1. The van der Waals surface area contributed by atoms with Crippen molar-refractivity contribution in [2.75, 3.05) is 19.4 Å². The van der Waals surface area contributed by atoms with E-state index in [1.54, 1.807) is 12.1 Å². The van der Waals surface area contributed by atoms with Crippen molar-refractivity contribution in [2.45, 2.75) is 37.0 Å². The predicted molar refractivity (Wildman–Crippen MR) is 97.7 cm³/mol. The molecule has 1 aromatic carbocycles. The maximum Gasteiger partial charge on any atom is 0.340 e. The number of ether oxygens (including phenoxy) is 1. The Hall–Kier alpha value is -1.46. The summed E-state index contributed by atoms with van der Waals surface area (Å²) in [6.07, 6.45) is 9.77. The molecule has 2 rings (SSSR count). The molecule has 0 unspecified atom stereocenters. The second-order valence-electron chi connectivity index (χ2n) is 5.63. The molecular weight excluding hydrogens is 346 g/mol. The first-order valence-electron chi connectivity index (χ1n) is 8.05. The monoisotopic (exact) mass is 367 g/mol. The summed E-state index contributed by atoms with van der Waals surface area (Å²) in [5, 5.41) is 3.10. The Bertz CT molecular complexity index is 631. The highest BCUT2D eigenvalue weighted by molar-refractivity contribution is 7.98. The normalized spacial score (nSPS) is 14.0. The molecule has 0 spiro atoms. The first-order valence-corrected chi connectivity index (χ1v) is 9.65. The molecule has 4 nitrogen and oxygen atoms in total. The van der Waals surface area contributed by atoms with Gasteiger partial charge in [0.15, 0.2) is 6.61 Å². The lowest BCUT2D eigenvalue weighted by Crippen LogP contribution is -2.30. The average Bonchev–Trinajstić information content (AvgIpc) is 2.61. The number of nitrogens with one attached hydrogen (secondary N) is 1. The maximum absolute atomic E-state index is 12.1. The van der Waals surface area contributed by atoms with Gasteiger partial charge in [-0.1, -0.05) is 23.3 Å². The van der Waals surface area contributed by atoms with E-state index in [0.717, 1.165) is 24.2 Å². The molecule has 130 valence electrons. The van der Waals surface area contributed by atoms with Crippen molar-refractivity contribution in [3.05, 3.63) is 40.4 Å². The Kier molecular flexibility index (Phi) is 7.66. The number of allylic oxidation sites excluding steroid dienone is 1. The number of thioether (sulfide) groups is 1. The molecule has 0 bridgehead atoms. The van der Waals surface area contributed by atoms with Crippen LogP contribution < -0.4 is 5.32 Å². The zero-order valence-corrected chi connectivity index (χ0v) is 15.3. The number of benzene rings is 1. The van der Waals surface area contributed by atoms with Crippen LogP contribution in [0.5, 0.6) is 0 Å². The molecule has 0 aliphatic heterocycles. The molecular formula is C18H22ClNO3S. The molecule has 1 amide bonds. The average molecular weight is 368 g/mol. The molecule has 6 heteroatoms. The van der Waals surface area contributed by atoms with Crippen molar-refractivity contribution in [2.24, 2.45) is 0 Å². The lowest BCUT2D eigenvalue weighted by atomic mass is 9.97. The van der Waals surface area contributed by atoms with E-state index >= 15 is 0 Å². The third-order valence-corrected chi connectivity index (χ3v) is 4.94. The van der Waals surface area contributed by atoms with E-state index in [2.05, 4.69) is 11.4 Å². The summed E-state index contributed by atoms with van der Waals surface area (Å²) < 4.78 is 5.05. The SMILES string of the molecule is CSc1ccc(Cl)c(C(=O)OCC(=O)NCCC2=CCCCC2)c1. The van der Waals surface area contributed by atoms with E-state index in [4.69, 9.17) is 16.3 Å². The Morgan fingerprint density at radius 2 is 2.17 bits per heavy atom. The van der Waals surface area contributed by atoms with Gasteiger partial charge >= 0.3 is 5.97 Å². The van der Waals surface area contributed by atoms with E-state index in [0.29, 0.717) is 11.6 Å². The van der Waals surface area contributed by atoms with Crippen LogP contribution in [0.2, 0.25) is 5.02 Å². The van der Waals surface area contributed by atoms with Gasteiger partial charge in [0, 0.05) is 11.4 Å². The fourth-order valence-corrected chi connectivity index (χ4v) is 3.18. The van der Waals surface area contributed by atoms with Gasteiger partial charge in [-0.15, -0.1) is 11.8 Å². The molecule has 1 aliphatic carbocycles. The Morgan fingerprint density at radius 3 is 2.88 bits per heavy atom. The number of hydrogen-bond acceptors (Lipinski definition) is 4. The fraction of sp³-hybridized carbons (Fsp3) is 0.444. The van der Waals surface area contributed by atoms with Crippen LogP contribution in [0.1, 0.15) is 42.5 Å². The summed E-state index contributed by atoms with van der Waals surface area (Å²) in [6.45, 7) is 0.280. The van der Waals surface area contributed by atoms with Crippen LogP contribution >= 0.6 is 23.4 Å². The van der Waals surface area contributed by atoms with Gasteiger partial charge in [0.1, 0.15) is 0 Å². The van der Waals surface area contributed by atoms with Crippen LogP contribution in [-0.4, -0.2) is 31.3 Å². The van der Waals surface area contributed by atoms with Crippen LogP contribution in [0.15, 0.2) is 34.7 Å². The molecule has 0 heterocycles. The Morgan fingerprint density at radius 1 is 1.33 bits per heavy atom. The van der Waals surface area contributed by atoms with E-state index < -0.39 is 5.97 Å². The fourth-order valence-electron chi connectivity index (χ4n) is 2.54. The van der Waals surface area contributed by atoms with Crippen molar-refractivity contribution in [3.63, 3.8) is 0 Å². The number of carbonyl (C=O) groups excluding carboxylic acids is 2. The zero-order chi connectivity index (χ0) is 17.4.